The van der Waals surface area contributed by atoms with E-state index in [1.54, 1.807) is 12.4 Å². The first-order chi connectivity index (χ1) is 6.06. The highest BCUT2D eigenvalue weighted by Gasteiger charge is 2.11. The Morgan fingerprint density at radius 3 is 2.31 bits per heavy atom. The summed E-state index contributed by atoms with van der Waals surface area (Å²) in [6.45, 7) is 3.00. The molecule has 1 amide bonds. The largest absolute Gasteiger partial charge is 0.466 e. The number of esters is 1. The summed E-state index contributed by atoms with van der Waals surface area (Å²) in [4.78, 5) is 35.8. The Kier molecular flexibility index (Phi) is 5.25. The lowest BCUT2D eigenvalue weighted by molar-refractivity contribution is -0.162. The molecule has 0 radical (unpaired) electrons. The first-order valence-electron chi connectivity index (χ1n) is 3.68. The van der Waals surface area contributed by atoms with E-state index in [0.29, 0.717) is 0 Å². The van der Waals surface area contributed by atoms with Crippen LogP contribution in [-0.4, -0.2) is 24.5 Å². The van der Waals surface area contributed by atoms with E-state index in [9.17, 15) is 14.4 Å². The Morgan fingerprint density at radius 2 is 1.85 bits per heavy atom. The van der Waals surface area contributed by atoms with Crippen molar-refractivity contribution < 1.29 is 24.0 Å². The lowest BCUT2D eigenvalue weighted by Gasteiger charge is -2.02. The third-order valence-electron chi connectivity index (χ3n) is 0.903. The molecule has 0 rings (SSSR count). The van der Waals surface area contributed by atoms with Crippen molar-refractivity contribution in [2.45, 2.75) is 20.3 Å². The second kappa shape index (κ2) is 5.99. The van der Waals surface area contributed by atoms with Gasteiger partial charge in [0.1, 0.15) is 6.42 Å². The lowest BCUT2D eigenvalue weighted by atomic mass is 10.4. The van der Waals surface area contributed by atoms with E-state index in [-0.39, 0.29) is 6.61 Å². The zero-order valence-corrected chi connectivity index (χ0v) is 7.46. The first-order valence-corrected chi connectivity index (χ1v) is 3.68. The minimum Gasteiger partial charge on any atom is -0.466 e. The van der Waals surface area contributed by atoms with Gasteiger partial charge in [-0.05, 0) is 6.92 Å². The molecule has 0 aromatic carbocycles. The summed E-state index contributed by atoms with van der Waals surface area (Å²) in [5, 5.41) is 0. The van der Waals surface area contributed by atoms with E-state index in [1.807, 2.05) is 0 Å². The van der Waals surface area contributed by atoms with Crippen LogP contribution in [0.2, 0.25) is 0 Å². The molecule has 1 N–H and O–H groups in total. The van der Waals surface area contributed by atoms with Crippen molar-refractivity contribution in [2.24, 2.45) is 0 Å². The molecule has 0 bridgehead atoms. The van der Waals surface area contributed by atoms with Gasteiger partial charge in [0.2, 0.25) is 5.91 Å². The van der Waals surface area contributed by atoms with E-state index in [4.69, 9.17) is 0 Å². The Hall–Kier alpha value is -1.59. The molecular weight excluding hydrogens is 178 g/mol. The summed E-state index contributed by atoms with van der Waals surface area (Å²) in [5.41, 5.74) is 1.80. The Bertz CT molecular complexity index is 213. The number of nitrogens with one attached hydrogen (secondary N) is 1. The Labute approximate surface area is 75.1 Å². The van der Waals surface area contributed by atoms with Crippen LogP contribution in [0.1, 0.15) is 20.3 Å². The third-order valence-corrected chi connectivity index (χ3v) is 0.903. The van der Waals surface area contributed by atoms with E-state index in [2.05, 4.69) is 9.57 Å². The molecule has 6 heteroatoms. The van der Waals surface area contributed by atoms with Gasteiger partial charge in [-0.3, -0.25) is 9.59 Å². The number of rotatable bonds is 3. The lowest BCUT2D eigenvalue weighted by Crippen LogP contribution is -2.26. The summed E-state index contributed by atoms with van der Waals surface area (Å²) in [6.07, 6.45) is -0.506. The Morgan fingerprint density at radius 1 is 1.23 bits per heavy atom. The van der Waals surface area contributed by atoms with Gasteiger partial charge in [-0.25, -0.2) is 4.79 Å². The van der Waals surface area contributed by atoms with E-state index in [0.717, 1.165) is 0 Å². The topological polar surface area (TPSA) is 81.7 Å². The second-order valence-corrected chi connectivity index (χ2v) is 2.11. The van der Waals surface area contributed by atoms with Gasteiger partial charge in [0.25, 0.3) is 0 Å². The van der Waals surface area contributed by atoms with Gasteiger partial charge in [-0.15, -0.1) is 0 Å². The highest BCUT2D eigenvalue weighted by molar-refractivity contribution is 5.91. The molecule has 13 heavy (non-hydrogen) atoms. The first kappa shape index (κ1) is 11.4. The van der Waals surface area contributed by atoms with Crippen LogP contribution in [-0.2, 0) is 24.0 Å². The van der Waals surface area contributed by atoms with Crippen LogP contribution >= 0.6 is 0 Å². The normalized spacial score (nSPS) is 8.77. The van der Waals surface area contributed by atoms with Crippen LogP contribution in [0.25, 0.3) is 0 Å². The third kappa shape index (κ3) is 6.79. The van der Waals surface area contributed by atoms with Crippen LogP contribution in [0.4, 0.5) is 0 Å². The van der Waals surface area contributed by atoms with Crippen molar-refractivity contribution in [3.05, 3.63) is 0 Å². The van der Waals surface area contributed by atoms with Crippen LogP contribution in [0.5, 0.6) is 0 Å². The van der Waals surface area contributed by atoms with Crippen LogP contribution < -0.4 is 5.48 Å². The zero-order chi connectivity index (χ0) is 10.3. The molecule has 0 saturated heterocycles. The molecule has 0 aromatic rings. The Balaban J connectivity index is 3.62. The fourth-order valence-corrected chi connectivity index (χ4v) is 0.495. The molecule has 0 aliphatic carbocycles. The van der Waals surface area contributed by atoms with Crippen LogP contribution in [0.3, 0.4) is 0 Å². The average molecular weight is 189 g/mol. The fraction of sp³-hybridized carbons (Fsp3) is 0.571. The molecule has 0 heterocycles. The number of carbonyl (C=O) groups excluding carboxylic acids is 3. The zero-order valence-electron chi connectivity index (χ0n) is 7.46. The fourth-order valence-electron chi connectivity index (χ4n) is 0.495. The van der Waals surface area contributed by atoms with Gasteiger partial charge in [-0.2, -0.15) is 5.48 Å². The maximum absolute atomic E-state index is 10.7. The second-order valence-electron chi connectivity index (χ2n) is 2.11. The van der Waals surface area contributed by atoms with Gasteiger partial charge in [0.15, 0.2) is 0 Å². The maximum atomic E-state index is 10.7. The standard InChI is InChI=1S/C7H11NO5/c1-3-12-6(10)4-7(11)13-8-5(2)9/h3-4H2,1-2H3,(H,8,9). The van der Waals surface area contributed by atoms with Crippen molar-refractivity contribution in [3.63, 3.8) is 0 Å². The molecule has 0 aliphatic heterocycles. The van der Waals surface area contributed by atoms with Gasteiger partial charge in [0, 0.05) is 6.92 Å². The average Bonchev–Trinajstić information content (AvgIpc) is 2.01. The molecule has 0 saturated carbocycles. The van der Waals surface area contributed by atoms with E-state index in [1.165, 1.54) is 6.92 Å². The number of hydroxylamine groups is 1. The predicted molar refractivity (Wildman–Crippen MR) is 41.2 cm³/mol. The van der Waals surface area contributed by atoms with E-state index >= 15 is 0 Å². The SMILES string of the molecule is CCOC(=O)CC(=O)ONC(C)=O. The highest BCUT2D eigenvalue weighted by atomic mass is 16.7. The van der Waals surface area contributed by atoms with Crippen molar-refractivity contribution in [2.75, 3.05) is 6.61 Å². The quantitative estimate of drug-likeness (QED) is 0.369. The molecule has 74 valence electrons. The van der Waals surface area contributed by atoms with Gasteiger partial charge in [0.05, 0.1) is 6.61 Å². The molecule has 0 aromatic heterocycles. The maximum Gasteiger partial charge on any atom is 0.343 e. The van der Waals surface area contributed by atoms with Crippen LogP contribution in [0.15, 0.2) is 0 Å². The monoisotopic (exact) mass is 189 g/mol. The molecule has 0 atom stereocenters. The van der Waals surface area contributed by atoms with Crippen molar-refractivity contribution >= 4 is 17.8 Å². The number of carbonyl (C=O) groups is 3. The van der Waals surface area contributed by atoms with Crippen molar-refractivity contribution in [1.29, 1.82) is 0 Å². The van der Waals surface area contributed by atoms with Gasteiger partial charge >= 0.3 is 11.9 Å². The summed E-state index contributed by atoms with van der Waals surface area (Å²) in [5.74, 6) is -2.05. The van der Waals surface area contributed by atoms with Crippen LogP contribution in [0, 0.1) is 0 Å². The number of amides is 1. The van der Waals surface area contributed by atoms with Crippen molar-refractivity contribution in [1.82, 2.24) is 5.48 Å². The molecule has 0 aliphatic rings. The predicted octanol–water partition coefficient (Wildman–Crippen LogP) is -0.466. The number of hydrogen-bond acceptors (Lipinski definition) is 5. The summed E-state index contributed by atoms with van der Waals surface area (Å²) in [6, 6.07) is 0. The van der Waals surface area contributed by atoms with E-state index < -0.39 is 24.3 Å². The number of hydrogen-bond donors (Lipinski definition) is 1. The minimum absolute atomic E-state index is 0.201. The van der Waals surface area contributed by atoms with Gasteiger partial charge < -0.3 is 9.57 Å². The van der Waals surface area contributed by atoms with Gasteiger partial charge in [-0.1, -0.05) is 0 Å². The summed E-state index contributed by atoms with van der Waals surface area (Å²) >= 11 is 0. The molecular formula is C7H11NO5. The smallest absolute Gasteiger partial charge is 0.343 e. The summed E-state index contributed by atoms with van der Waals surface area (Å²) < 4.78 is 4.47. The van der Waals surface area contributed by atoms with Crippen molar-refractivity contribution in [3.8, 4) is 0 Å². The minimum atomic E-state index is -0.853. The molecule has 6 nitrogen and oxygen atoms in total. The molecule has 0 fully saturated rings. The molecule has 0 spiro atoms. The highest BCUT2D eigenvalue weighted by Crippen LogP contribution is 1.88. The molecule has 0 unspecified atom stereocenters. The number of ether oxygens (including phenoxy) is 1. The summed E-state index contributed by atoms with van der Waals surface area (Å²) in [7, 11) is 0.